The van der Waals surface area contributed by atoms with Crippen LogP contribution in [-0.2, 0) is 26.2 Å². The van der Waals surface area contributed by atoms with Crippen molar-refractivity contribution in [3.05, 3.63) is 65.7 Å². The number of aliphatic carboxylic acids is 1. The minimum atomic E-state index is -1.08. The van der Waals surface area contributed by atoms with Crippen LogP contribution in [0.15, 0.2) is 54.6 Å². The molecule has 0 unspecified atom stereocenters. The Morgan fingerprint density at radius 1 is 0.962 bits per heavy atom. The van der Waals surface area contributed by atoms with E-state index in [4.69, 9.17) is 5.11 Å². The van der Waals surface area contributed by atoms with Crippen molar-refractivity contribution < 1.29 is 19.5 Å². The molecule has 1 saturated carbocycles. The predicted molar refractivity (Wildman–Crippen MR) is 96.8 cm³/mol. The van der Waals surface area contributed by atoms with Crippen LogP contribution in [0.25, 0.3) is 0 Å². The summed E-state index contributed by atoms with van der Waals surface area (Å²) in [5.41, 5.74) is 2.02. The molecule has 2 aromatic carbocycles. The Balaban J connectivity index is 1.59. The van der Waals surface area contributed by atoms with E-state index in [2.05, 4.69) is 10.6 Å². The second kappa shape index (κ2) is 7.39. The molecular weight excluding hydrogens is 332 g/mol. The SMILES string of the molecule is O=C(O)CNC(=O)Cc1ccc(NC(=O)C2(c3ccccc3)CC2)cc1. The molecule has 0 bridgehead atoms. The first-order valence-electron chi connectivity index (χ1n) is 8.44. The van der Waals surface area contributed by atoms with E-state index in [0.717, 1.165) is 24.0 Å². The van der Waals surface area contributed by atoms with Gasteiger partial charge in [-0.05, 0) is 36.1 Å². The summed E-state index contributed by atoms with van der Waals surface area (Å²) in [5.74, 6) is -1.45. The third-order valence-electron chi connectivity index (χ3n) is 4.52. The molecule has 2 aromatic rings. The summed E-state index contributed by atoms with van der Waals surface area (Å²) < 4.78 is 0. The predicted octanol–water partition coefficient (Wildman–Crippen LogP) is 2.10. The van der Waals surface area contributed by atoms with Crippen molar-refractivity contribution in [3.63, 3.8) is 0 Å². The number of carbonyl (C=O) groups is 3. The van der Waals surface area contributed by atoms with Crippen molar-refractivity contribution in [2.45, 2.75) is 24.7 Å². The third kappa shape index (κ3) is 4.08. The number of carbonyl (C=O) groups excluding carboxylic acids is 2. The van der Waals surface area contributed by atoms with Crippen molar-refractivity contribution >= 4 is 23.5 Å². The maximum absolute atomic E-state index is 12.7. The molecule has 26 heavy (non-hydrogen) atoms. The zero-order chi connectivity index (χ0) is 18.6. The number of carboxylic acid groups (broad SMARTS) is 1. The lowest BCUT2D eigenvalue weighted by atomic mass is 9.95. The lowest BCUT2D eigenvalue weighted by Crippen LogP contribution is -2.30. The van der Waals surface area contributed by atoms with Crippen LogP contribution >= 0.6 is 0 Å². The average Bonchev–Trinajstić information content (AvgIpc) is 3.44. The fourth-order valence-corrected chi connectivity index (χ4v) is 2.91. The molecule has 0 radical (unpaired) electrons. The zero-order valence-corrected chi connectivity index (χ0v) is 14.2. The van der Waals surface area contributed by atoms with Crippen molar-refractivity contribution in [1.82, 2.24) is 5.32 Å². The quantitative estimate of drug-likeness (QED) is 0.711. The van der Waals surface area contributed by atoms with E-state index >= 15 is 0 Å². The van der Waals surface area contributed by atoms with Crippen LogP contribution in [0.1, 0.15) is 24.0 Å². The van der Waals surface area contributed by atoms with Gasteiger partial charge in [0.05, 0.1) is 11.8 Å². The topological polar surface area (TPSA) is 95.5 Å². The van der Waals surface area contributed by atoms with E-state index in [-0.39, 0.29) is 18.2 Å². The summed E-state index contributed by atoms with van der Waals surface area (Å²) in [6, 6.07) is 16.8. The number of hydrogen-bond acceptors (Lipinski definition) is 3. The highest BCUT2D eigenvalue weighted by atomic mass is 16.4. The number of benzene rings is 2. The Morgan fingerprint density at radius 3 is 2.19 bits per heavy atom. The van der Waals surface area contributed by atoms with Crippen LogP contribution in [0.5, 0.6) is 0 Å². The first-order chi connectivity index (χ1) is 12.5. The van der Waals surface area contributed by atoms with Gasteiger partial charge in [0.1, 0.15) is 6.54 Å². The van der Waals surface area contributed by atoms with Gasteiger partial charge in [0.2, 0.25) is 11.8 Å². The van der Waals surface area contributed by atoms with Gasteiger partial charge in [-0.1, -0.05) is 42.5 Å². The number of hydrogen-bond donors (Lipinski definition) is 3. The molecule has 0 heterocycles. The van der Waals surface area contributed by atoms with Crippen molar-refractivity contribution in [1.29, 1.82) is 0 Å². The molecule has 1 fully saturated rings. The van der Waals surface area contributed by atoms with Crippen molar-refractivity contribution in [3.8, 4) is 0 Å². The van der Waals surface area contributed by atoms with E-state index in [1.54, 1.807) is 24.3 Å². The van der Waals surface area contributed by atoms with Gasteiger partial charge in [-0.25, -0.2) is 0 Å². The molecule has 1 aliphatic carbocycles. The Bertz CT molecular complexity index is 811. The van der Waals surface area contributed by atoms with Gasteiger partial charge >= 0.3 is 5.97 Å². The summed E-state index contributed by atoms with van der Waals surface area (Å²) in [6.07, 6.45) is 1.77. The summed E-state index contributed by atoms with van der Waals surface area (Å²) >= 11 is 0. The maximum Gasteiger partial charge on any atom is 0.322 e. The molecule has 0 atom stereocenters. The Kier molecular flexibility index (Phi) is 5.02. The fourth-order valence-electron chi connectivity index (χ4n) is 2.91. The standard InChI is InChI=1S/C20H20N2O4/c23-17(21-13-18(24)25)12-14-6-8-16(9-7-14)22-19(26)20(10-11-20)15-4-2-1-3-5-15/h1-9H,10-13H2,(H,21,23)(H,22,26)(H,24,25). The van der Waals surface area contributed by atoms with Gasteiger partial charge in [0.25, 0.3) is 0 Å². The number of anilines is 1. The van der Waals surface area contributed by atoms with Crippen LogP contribution < -0.4 is 10.6 Å². The molecule has 0 aromatic heterocycles. The Morgan fingerprint density at radius 2 is 1.62 bits per heavy atom. The van der Waals surface area contributed by atoms with Gasteiger partial charge in [-0.2, -0.15) is 0 Å². The minimum Gasteiger partial charge on any atom is -0.480 e. The number of nitrogens with one attached hydrogen (secondary N) is 2. The van der Waals surface area contributed by atoms with Gasteiger partial charge in [0, 0.05) is 5.69 Å². The van der Waals surface area contributed by atoms with Crippen LogP contribution in [0, 0.1) is 0 Å². The molecule has 3 rings (SSSR count). The molecular formula is C20H20N2O4. The van der Waals surface area contributed by atoms with Gasteiger partial charge < -0.3 is 15.7 Å². The van der Waals surface area contributed by atoms with Gasteiger partial charge in [-0.3, -0.25) is 14.4 Å². The van der Waals surface area contributed by atoms with Gasteiger partial charge in [-0.15, -0.1) is 0 Å². The Hall–Kier alpha value is -3.15. The average molecular weight is 352 g/mol. The maximum atomic E-state index is 12.7. The van der Waals surface area contributed by atoms with E-state index in [1.165, 1.54) is 0 Å². The number of rotatable bonds is 7. The molecule has 0 aliphatic heterocycles. The monoisotopic (exact) mass is 352 g/mol. The summed E-state index contributed by atoms with van der Waals surface area (Å²) in [6.45, 7) is -0.394. The van der Waals surface area contributed by atoms with E-state index in [9.17, 15) is 14.4 Å². The van der Waals surface area contributed by atoms with E-state index < -0.39 is 17.9 Å². The van der Waals surface area contributed by atoms with Crippen LogP contribution in [0.2, 0.25) is 0 Å². The zero-order valence-electron chi connectivity index (χ0n) is 14.2. The Labute approximate surface area is 151 Å². The van der Waals surface area contributed by atoms with Crippen molar-refractivity contribution in [2.75, 3.05) is 11.9 Å². The summed E-state index contributed by atoms with van der Waals surface area (Å²) in [7, 11) is 0. The first kappa shape index (κ1) is 17.7. The smallest absolute Gasteiger partial charge is 0.322 e. The number of carboxylic acids is 1. The fraction of sp³-hybridized carbons (Fsp3) is 0.250. The highest BCUT2D eigenvalue weighted by Gasteiger charge is 2.51. The molecule has 6 nitrogen and oxygen atoms in total. The molecule has 0 saturated heterocycles. The normalized spacial score (nSPS) is 14.3. The lowest BCUT2D eigenvalue weighted by molar-refractivity contribution is -0.137. The van der Waals surface area contributed by atoms with E-state index in [1.807, 2.05) is 30.3 Å². The van der Waals surface area contributed by atoms with Gasteiger partial charge in [0.15, 0.2) is 0 Å². The highest BCUT2D eigenvalue weighted by Crippen LogP contribution is 2.48. The first-order valence-corrected chi connectivity index (χ1v) is 8.44. The summed E-state index contributed by atoms with van der Waals surface area (Å²) in [4.78, 5) is 34.7. The largest absolute Gasteiger partial charge is 0.480 e. The highest BCUT2D eigenvalue weighted by molar-refractivity contribution is 6.01. The number of amides is 2. The molecule has 3 N–H and O–H groups in total. The van der Waals surface area contributed by atoms with Crippen LogP contribution in [-0.4, -0.2) is 29.4 Å². The van der Waals surface area contributed by atoms with Crippen LogP contribution in [0.3, 0.4) is 0 Å². The van der Waals surface area contributed by atoms with E-state index in [0.29, 0.717) is 5.69 Å². The molecule has 0 spiro atoms. The van der Waals surface area contributed by atoms with Crippen molar-refractivity contribution in [2.24, 2.45) is 0 Å². The van der Waals surface area contributed by atoms with Crippen LogP contribution in [0.4, 0.5) is 5.69 Å². The second-order valence-corrected chi connectivity index (χ2v) is 6.45. The molecule has 1 aliphatic rings. The lowest BCUT2D eigenvalue weighted by Gasteiger charge is -2.16. The molecule has 6 heteroatoms. The molecule has 2 amide bonds. The molecule has 134 valence electrons. The summed E-state index contributed by atoms with van der Waals surface area (Å²) in [5, 5.41) is 13.8. The minimum absolute atomic E-state index is 0.0179. The third-order valence-corrected chi connectivity index (χ3v) is 4.52. The second-order valence-electron chi connectivity index (χ2n) is 6.45.